The maximum atomic E-state index is 12.6. The van der Waals surface area contributed by atoms with Crippen molar-refractivity contribution in [3.8, 4) is 5.75 Å². The quantitative estimate of drug-likeness (QED) is 0.675. The van der Waals surface area contributed by atoms with Crippen LogP contribution in [-0.2, 0) is 20.7 Å². The topological polar surface area (TPSA) is 73.9 Å². The predicted molar refractivity (Wildman–Crippen MR) is 107 cm³/mol. The van der Waals surface area contributed by atoms with Gasteiger partial charge in [-0.3, -0.25) is 0 Å². The van der Waals surface area contributed by atoms with Crippen LogP contribution in [0.25, 0.3) is 0 Å². The Morgan fingerprint density at radius 3 is 2.19 bits per heavy atom. The van der Waals surface area contributed by atoms with Gasteiger partial charge in [0.1, 0.15) is 23.0 Å². The van der Waals surface area contributed by atoms with Crippen LogP contribution < -0.4 is 10.1 Å². The normalized spacial score (nSPS) is 12.9. The molecule has 0 aliphatic heterocycles. The van der Waals surface area contributed by atoms with Gasteiger partial charge in [0.15, 0.2) is 0 Å². The minimum absolute atomic E-state index is 0.225. The zero-order valence-electron chi connectivity index (χ0n) is 16.8. The molecule has 152 valence electrons. The third kappa shape index (κ3) is 8.75. The lowest BCUT2D eigenvalue weighted by atomic mass is 10.1. The zero-order chi connectivity index (χ0) is 20.8. The number of nitrogens with one attached hydrogen (secondary N) is 1. The van der Waals surface area contributed by atoms with E-state index in [-0.39, 0.29) is 6.42 Å². The van der Waals surface area contributed by atoms with Crippen LogP contribution in [0.2, 0.25) is 0 Å². The first-order chi connectivity index (χ1) is 12.3. The number of benzene rings is 1. The SMILES string of the molecule is COc1ccc(CC(NC(=O)OC(C)(C)C)C(=O)OC(C)(C)C)cc1SCl. The van der Waals surface area contributed by atoms with E-state index < -0.39 is 29.3 Å². The number of ether oxygens (including phenoxy) is 3. The molecule has 1 N–H and O–H groups in total. The summed E-state index contributed by atoms with van der Waals surface area (Å²) in [5.41, 5.74) is -0.557. The van der Waals surface area contributed by atoms with Crippen molar-refractivity contribution in [2.24, 2.45) is 0 Å². The van der Waals surface area contributed by atoms with Crippen molar-refractivity contribution in [3.63, 3.8) is 0 Å². The number of carbonyl (C=O) groups is 2. The Bertz CT molecular complexity index is 667. The number of rotatable bonds is 6. The number of hydrogen-bond donors (Lipinski definition) is 1. The van der Waals surface area contributed by atoms with Gasteiger partial charge in [0.25, 0.3) is 0 Å². The highest BCUT2D eigenvalue weighted by Gasteiger charge is 2.29. The van der Waals surface area contributed by atoms with Gasteiger partial charge in [-0.05, 0) is 80.9 Å². The lowest BCUT2D eigenvalue weighted by molar-refractivity contribution is -0.157. The van der Waals surface area contributed by atoms with E-state index in [0.29, 0.717) is 5.75 Å². The molecule has 0 aromatic heterocycles. The van der Waals surface area contributed by atoms with E-state index in [2.05, 4.69) is 5.32 Å². The molecule has 0 radical (unpaired) electrons. The molecule has 0 bridgehead atoms. The van der Waals surface area contributed by atoms with Crippen LogP contribution in [-0.4, -0.2) is 36.4 Å². The van der Waals surface area contributed by atoms with Gasteiger partial charge in [0, 0.05) is 6.42 Å². The standard InChI is InChI=1S/C19H28ClNO5S/c1-18(2,3)25-16(22)13(21-17(23)26-19(4,5)6)10-12-8-9-14(24-7)15(11-12)27-20/h8-9,11,13H,10H2,1-7H3,(H,21,23). The Morgan fingerprint density at radius 2 is 1.70 bits per heavy atom. The molecule has 6 nitrogen and oxygen atoms in total. The molecule has 1 rings (SSSR count). The van der Waals surface area contributed by atoms with Gasteiger partial charge < -0.3 is 19.5 Å². The zero-order valence-corrected chi connectivity index (χ0v) is 18.4. The summed E-state index contributed by atoms with van der Waals surface area (Å²) >= 11 is 0. The fourth-order valence-corrected chi connectivity index (χ4v) is 2.95. The first kappa shape index (κ1) is 23.4. The molecule has 0 aliphatic carbocycles. The third-order valence-electron chi connectivity index (χ3n) is 3.13. The van der Waals surface area contributed by atoms with Crippen molar-refractivity contribution in [2.45, 2.75) is 70.1 Å². The summed E-state index contributed by atoms with van der Waals surface area (Å²) in [6.07, 6.45) is -0.457. The fraction of sp³-hybridized carbons (Fsp3) is 0.579. The first-order valence-electron chi connectivity index (χ1n) is 8.52. The molecule has 27 heavy (non-hydrogen) atoms. The van der Waals surface area contributed by atoms with Gasteiger partial charge in [-0.15, -0.1) is 0 Å². The van der Waals surface area contributed by atoms with E-state index in [1.165, 1.54) is 0 Å². The minimum atomic E-state index is -0.902. The van der Waals surface area contributed by atoms with Crippen LogP contribution in [0.4, 0.5) is 4.79 Å². The van der Waals surface area contributed by atoms with Crippen LogP contribution in [0.1, 0.15) is 47.1 Å². The van der Waals surface area contributed by atoms with Crippen molar-refractivity contribution in [3.05, 3.63) is 23.8 Å². The molecule has 8 heteroatoms. The number of alkyl carbamates (subject to hydrolysis) is 1. The smallest absolute Gasteiger partial charge is 0.408 e. The highest BCUT2D eigenvalue weighted by molar-refractivity contribution is 8.21. The maximum absolute atomic E-state index is 12.6. The van der Waals surface area contributed by atoms with E-state index >= 15 is 0 Å². The Kier molecular flexibility index (Phi) is 8.29. The largest absolute Gasteiger partial charge is 0.496 e. The van der Waals surface area contributed by atoms with Crippen LogP contribution in [0.3, 0.4) is 0 Å². The van der Waals surface area contributed by atoms with Crippen molar-refractivity contribution >= 4 is 33.7 Å². The van der Waals surface area contributed by atoms with Gasteiger partial charge in [-0.1, -0.05) is 6.07 Å². The Balaban J connectivity index is 3.03. The van der Waals surface area contributed by atoms with Crippen molar-refractivity contribution < 1.29 is 23.8 Å². The lowest BCUT2D eigenvalue weighted by Gasteiger charge is -2.26. The molecule has 1 amide bonds. The number of carbonyl (C=O) groups excluding carboxylic acids is 2. The number of methoxy groups -OCH3 is 1. The van der Waals surface area contributed by atoms with Crippen molar-refractivity contribution in [2.75, 3.05) is 7.11 Å². The number of esters is 1. The van der Waals surface area contributed by atoms with Gasteiger partial charge in [-0.25, -0.2) is 9.59 Å². The summed E-state index contributed by atoms with van der Waals surface area (Å²) in [4.78, 5) is 25.5. The van der Waals surface area contributed by atoms with E-state index in [1.807, 2.05) is 12.1 Å². The molecule has 1 unspecified atom stereocenters. The molecule has 0 heterocycles. The highest BCUT2D eigenvalue weighted by atomic mass is 35.7. The predicted octanol–water partition coefficient (Wildman–Crippen LogP) is 4.72. The second kappa shape index (κ2) is 9.55. The van der Waals surface area contributed by atoms with Crippen molar-refractivity contribution in [1.29, 1.82) is 0 Å². The molecule has 0 spiro atoms. The van der Waals surface area contributed by atoms with Gasteiger partial charge in [0.05, 0.1) is 12.0 Å². The van der Waals surface area contributed by atoms with Crippen LogP contribution in [0.15, 0.2) is 23.1 Å². The number of amides is 1. The minimum Gasteiger partial charge on any atom is -0.496 e. The van der Waals surface area contributed by atoms with Crippen molar-refractivity contribution in [1.82, 2.24) is 5.32 Å². The summed E-state index contributed by atoms with van der Waals surface area (Å²) < 4.78 is 15.9. The number of hydrogen-bond acceptors (Lipinski definition) is 6. The molecule has 1 aromatic rings. The molecule has 0 saturated heterocycles. The molecular weight excluding hydrogens is 390 g/mol. The summed E-state index contributed by atoms with van der Waals surface area (Å²) in [7, 11) is 8.46. The monoisotopic (exact) mass is 417 g/mol. The average molecular weight is 418 g/mol. The Hall–Kier alpha value is -1.60. The Morgan fingerprint density at radius 1 is 1.11 bits per heavy atom. The van der Waals surface area contributed by atoms with Crippen LogP contribution in [0, 0.1) is 0 Å². The summed E-state index contributed by atoms with van der Waals surface area (Å²) in [6.45, 7) is 10.6. The molecular formula is C19H28ClNO5S. The second-order valence-corrected chi connectivity index (χ2v) is 9.06. The average Bonchev–Trinajstić information content (AvgIpc) is 2.50. The molecule has 0 fully saturated rings. The van der Waals surface area contributed by atoms with E-state index in [0.717, 1.165) is 21.4 Å². The molecule has 1 atom stereocenters. The van der Waals surface area contributed by atoms with E-state index in [4.69, 9.17) is 24.9 Å². The Labute approximate surface area is 169 Å². The van der Waals surface area contributed by atoms with E-state index in [9.17, 15) is 9.59 Å². The summed E-state index contributed by atoms with van der Waals surface area (Å²) in [5.74, 6) is 0.0944. The van der Waals surface area contributed by atoms with Gasteiger partial charge >= 0.3 is 12.1 Å². The lowest BCUT2D eigenvalue weighted by Crippen LogP contribution is -2.47. The third-order valence-corrected chi connectivity index (χ3v) is 4.12. The highest BCUT2D eigenvalue weighted by Crippen LogP contribution is 2.33. The van der Waals surface area contributed by atoms with Gasteiger partial charge in [-0.2, -0.15) is 0 Å². The fourth-order valence-electron chi connectivity index (χ4n) is 2.16. The first-order valence-corrected chi connectivity index (χ1v) is 10.2. The summed E-state index contributed by atoms with van der Waals surface area (Å²) in [6, 6.07) is 4.48. The van der Waals surface area contributed by atoms with E-state index in [1.54, 1.807) is 54.7 Å². The summed E-state index contributed by atoms with van der Waals surface area (Å²) in [5, 5.41) is 2.60. The number of halogens is 1. The molecule has 0 saturated carbocycles. The molecule has 1 aromatic carbocycles. The van der Waals surface area contributed by atoms with Crippen LogP contribution in [0.5, 0.6) is 5.75 Å². The second-order valence-electron chi connectivity index (χ2n) is 8.00. The molecule has 0 aliphatic rings. The maximum Gasteiger partial charge on any atom is 0.408 e. The van der Waals surface area contributed by atoms with Gasteiger partial charge in [0.2, 0.25) is 0 Å². The van der Waals surface area contributed by atoms with Crippen LogP contribution >= 0.6 is 21.7 Å².